The fourth-order valence-electron chi connectivity index (χ4n) is 0.899. The van der Waals surface area contributed by atoms with Crippen LogP contribution in [0.5, 0.6) is 0 Å². The van der Waals surface area contributed by atoms with Crippen molar-refractivity contribution in [3.8, 4) is 0 Å². The summed E-state index contributed by atoms with van der Waals surface area (Å²) >= 11 is 4.55. The number of carbonyl (C=O) groups is 1. The highest BCUT2D eigenvalue weighted by atomic mass is 32.1. The zero-order valence-electron chi connectivity index (χ0n) is 7.23. The van der Waals surface area contributed by atoms with E-state index in [-0.39, 0.29) is 5.78 Å². The number of benzene rings is 1. The summed E-state index contributed by atoms with van der Waals surface area (Å²) in [5.41, 5.74) is 1.67. The largest absolute Gasteiger partial charge is 0.295 e. The van der Waals surface area contributed by atoms with Gasteiger partial charge in [-0.3, -0.25) is 4.79 Å². The summed E-state index contributed by atoms with van der Waals surface area (Å²) in [6.45, 7) is 1.51. The third kappa shape index (κ3) is 3.25. The zero-order chi connectivity index (χ0) is 9.68. The van der Waals surface area contributed by atoms with Gasteiger partial charge in [0.2, 0.25) is 0 Å². The molecule has 66 valence electrons. The molecule has 0 saturated heterocycles. The summed E-state index contributed by atoms with van der Waals surface area (Å²) in [5.74, 6) is 0.0284. The van der Waals surface area contributed by atoms with Crippen molar-refractivity contribution in [2.45, 2.75) is 6.92 Å². The summed E-state index contributed by atoms with van der Waals surface area (Å²) in [5, 5.41) is 0. The molecule has 1 rings (SSSR count). The average Bonchev–Trinajstić information content (AvgIpc) is 2.15. The van der Waals surface area contributed by atoms with Crippen molar-refractivity contribution in [2.24, 2.45) is 4.36 Å². The average molecular weight is 191 g/mol. The highest BCUT2D eigenvalue weighted by molar-refractivity contribution is 7.47. The molecule has 0 radical (unpaired) electrons. The van der Waals surface area contributed by atoms with Crippen LogP contribution in [0, 0.1) is 0 Å². The Bertz CT molecular complexity index is 358. The maximum atomic E-state index is 10.6. The van der Waals surface area contributed by atoms with Crippen molar-refractivity contribution in [1.82, 2.24) is 0 Å². The van der Waals surface area contributed by atoms with Gasteiger partial charge in [0, 0.05) is 12.4 Å². The lowest BCUT2D eigenvalue weighted by molar-refractivity contribution is -0.112. The Morgan fingerprint density at radius 1 is 1.54 bits per heavy atom. The molecule has 0 aliphatic carbocycles. The molecule has 0 spiro atoms. The number of carbonyl (C=O) groups excluding carboxylic acids is 1. The monoisotopic (exact) mass is 191 g/mol. The third-order valence-corrected chi connectivity index (χ3v) is 1.70. The fraction of sp³-hybridized carbons (Fsp3) is 0.100. The van der Waals surface area contributed by atoms with Gasteiger partial charge in [0.25, 0.3) is 0 Å². The molecule has 0 bridgehead atoms. The Kier molecular flexibility index (Phi) is 3.46. The number of allylic oxidation sites excluding steroid dienone is 1. The summed E-state index contributed by atoms with van der Waals surface area (Å²) < 4.78 is 3.62. The maximum absolute atomic E-state index is 10.6. The molecule has 0 aliphatic heterocycles. The van der Waals surface area contributed by atoms with E-state index in [1.54, 1.807) is 6.08 Å². The van der Waals surface area contributed by atoms with Gasteiger partial charge in [0.15, 0.2) is 5.78 Å². The minimum absolute atomic E-state index is 0.0284. The lowest BCUT2D eigenvalue weighted by Crippen LogP contribution is -1.79. The van der Waals surface area contributed by atoms with Crippen molar-refractivity contribution >= 4 is 30.0 Å². The molecule has 0 fully saturated rings. The smallest absolute Gasteiger partial charge is 0.152 e. The topological polar surface area (TPSA) is 29.4 Å². The van der Waals surface area contributed by atoms with E-state index in [9.17, 15) is 4.79 Å². The van der Waals surface area contributed by atoms with E-state index in [1.807, 2.05) is 24.3 Å². The maximum Gasteiger partial charge on any atom is 0.152 e. The molecule has 0 N–H and O–H groups in total. The van der Waals surface area contributed by atoms with Crippen LogP contribution >= 0.6 is 0 Å². The Morgan fingerprint density at radius 3 is 2.92 bits per heavy atom. The molecule has 0 aliphatic rings. The molecule has 1 aromatic carbocycles. The SMILES string of the molecule is CC(=O)/C=C\c1cccc(N=S)c1. The van der Waals surface area contributed by atoms with Crippen molar-refractivity contribution < 1.29 is 4.79 Å². The molecule has 13 heavy (non-hydrogen) atoms. The van der Waals surface area contributed by atoms with Crippen LogP contribution in [-0.2, 0) is 17.2 Å². The molecule has 3 heteroatoms. The highest BCUT2D eigenvalue weighted by Gasteiger charge is 1.90. The van der Waals surface area contributed by atoms with E-state index in [1.165, 1.54) is 13.0 Å². The fourth-order valence-corrected chi connectivity index (χ4v) is 1.01. The van der Waals surface area contributed by atoms with Crippen LogP contribution in [-0.4, -0.2) is 5.78 Å². The minimum Gasteiger partial charge on any atom is -0.295 e. The summed E-state index contributed by atoms with van der Waals surface area (Å²) in [7, 11) is 0. The zero-order valence-corrected chi connectivity index (χ0v) is 8.04. The summed E-state index contributed by atoms with van der Waals surface area (Å²) in [4.78, 5) is 10.6. The lowest BCUT2D eigenvalue weighted by Gasteiger charge is -1.93. The van der Waals surface area contributed by atoms with Gasteiger partial charge in [-0.1, -0.05) is 18.2 Å². The number of ketones is 1. The molecule has 1 aromatic rings. The first-order valence-electron chi connectivity index (χ1n) is 3.84. The van der Waals surface area contributed by atoms with Crippen molar-refractivity contribution in [2.75, 3.05) is 0 Å². The Balaban J connectivity index is 2.89. The number of nitrogens with zero attached hydrogens (tertiary/aromatic N) is 1. The number of hydrogen-bond acceptors (Lipinski definition) is 3. The van der Waals surface area contributed by atoms with Gasteiger partial charge in [0.1, 0.15) is 0 Å². The van der Waals surface area contributed by atoms with E-state index < -0.39 is 0 Å². The van der Waals surface area contributed by atoms with Crippen LogP contribution in [0.4, 0.5) is 5.69 Å². The first kappa shape index (κ1) is 9.74. The second-order valence-electron chi connectivity index (χ2n) is 2.63. The molecule has 0 unspecified atom stereocenters. The van der Waals surface area contributed by atoms with Gasteiger partial charge in [-0.25, -0.2) is 0 Å². The summed E-state index contributed by atoms with van der Waals surface area (Å²) in [6.07, 6.45) is 3.26. The second-order valence-corrected chi connectivity index (χ2v) is 2.81. The standard InChI is InChI=1S/C10H9NOS/c1-8(12)5-6-9-3-2-4-10(7-9)11-13/h2-7H,1H3/b6-5-. The molecular formula is C10H9NOS. The molecule has 0 aromatic heterocycles. The van der Waals surface area contributed by atoms with Crippen LogP contribution in [0.3, 0.4) is 0 Å². The summed E-state index contributed by atoms with van der Waals surface area (Å²) in [6, 6.07) is 7.39. The van der Waals surface area contributed by atoms with Crippen LogP contribution in [0.1, 0.15) is 12.5 Å². The minimum atomic E-state index is 0.0284. The van der Waals surface area contributed by atoms with Crippen LogP contribution in [0.25, 0.3) is 6.08 Å². The Hall–Kier alpha value is -1.35. The first-order valence-corrected chi connectivity index (χ1v) is 4.21. The number of rotatable bonds is 3. The lowest BCUT2D eigenvalue weighted by atomic mass is 10.2. The molecule has 0 saturated carbocycles. The van der Waals surface area contributed by atoms with Gasteiger partial charge >= 0.3 is 0 Å². The van der Waals surface area contributed by atoms with E-state index in [4.69, 9.17) is 0 Å². The van der Waals surface area contributed by atoms with Crippen LogP contribution in [0.2, 0.25) is 0 Å². The van der Waals surface area contributed by atoms with E-state index in [2.05, 4.69) is 16.8 Å². The molecule has 2 nitrogen and oxygen atoms in total. The van der Waals surface area contributed by atoms with Crippen LogP contribution in [0.15, 0.2) is 34.7 Å². The first-order chi connectivity index (χ1) is 6.22. The van der Waals surface area contributed by atoms with Gasteiger partial charge in [-0.05, 0) is 30.7 Å². The quantitative estimate of drug-likeness (QED) is 0.687. The Labute approximate surface area is 82.5 Å². The number of hydrogen-bond donors (Lipinski definition) is 0. The molecule has 0 amide bonds. The highest BCUT2D eigenvalue weighted by Crippen LogP contribution is 2.14. The molecule has 0 heterocycles. The van der Waals surface area contributed by atoms with Crippen LogP contribution < -0.4 is 0 Å². The van der Waals surface area contributed by atoms with Crippen molar-refractivity contribution in [3.05, 3.63) is 35.9 Å². The Morgan fingerprint density at radius 2 is 2.31 bits per heavy atom. The third-order valence-electron chi connectivity index (χ3n) is 1.49. The van der Waals surface area contributed by atoms with E-state index in [0.717, 1.165) is 11.3 Å². The van der Waals surface area contributed by atoms with E-state index >= 15 is 0 Å². The van der Waals surface area contributed by atoms with Crippen molar-refractivity contribution in [1.29, 1.82) is 0 Å². The second kappa shape index (κ2) is 4.62. The molecule has 0 atom stereocenters. The van der Waals surface area contributed by atoms with E-state index in [0.29, 0.717) is 0 Å². The predicted octanol–water partition coefficient (Wildman–Crippen LogP) is 2.65. The van der Waals surface area contributed by atoms with Gasteiger partial charge in [-0.15, -0.1) is 0 Å². The normalized spacial score (nSPS) is 10.2. The van der Waals surface area contributed by atoms with Crippen molar-refractivity contribution in [3.63, 3.8) is 0 Å². The molecular weight excluding hydrogens is 182 g/mol. The van der Waals surface area contributed by atoms with Gasteiger partial charge in [0.05, 0.1) is 5.69 Å². The van der Waals surface area contributed by atoms with Gasteiger partial charge in [-0.2, -0.15) is 4.36 Å². The predicted molar refractivity (Wildman–Crippen MR) is 55.6 cm³/mol. The van der Waals surface area contributed by atoms with Gasteiger partial charge < -0.3 is 0 Å².